The molecule has 180 valence electrons. The Bertz CT molecular complexity index is 1420. The molecule has 0 radical (unpaired) electrons. The van der Waals surface area contributed by atoms with Crippen molar-refractivity contribution in [2.24, 2.45) is 0 Å². The molecule has 0 saturated carbocycles. The van der Waals surface area contributed by atoms with Crippen LogP contribution in [0.25, 0.3) is 11.3 Å². The zero-order chi connectivity index (χ0) is 24.8. The number of pyridine rings is 1. The van der Waals surface area contributed by atoms with Crippen LogP contribution >= 0.6 is 0 Å². The highest BCUT2D eigenvalue weighted by molar-refractivity contribution is 5.62. The Hall–Kier alpha value is -4.11. The van der Waals surface area contributed by atoms with Gasteiger partial charge in [0, 0.05) is 12.4 Å². The molecule has 3 aromatic rings. The van der Waals surface area contributed by atoms with Gasteiger partial charge in [-0.3, -0.25) is 14.6 Å². The Morgan fingerprint density at radius 1 is 1.15 bits per heavy atom. The number of anilines is 1. The van der Waals surface area contributed by atoms with E-state index < -0.39 is 65.4 Å². The Morgan fingerprint density at radius 2 is 1.88 bits per heavy atom. The number of alkyl halides is 5. The smallest absolute Gasteiger partial charge is 0.417 e. The summed E-state index contributed by atoms with van der Waals surface area (Å²) in [6.45, 7) is -1.75. The van der Waals surface area contributed by atoms with Crippen LogP contribution in [0.4, 0.5) is 32.0 Å². The molecule has 1 unspecified atom stereocenters. The summed E-state index contributed by atoms with van der Waals surface area (Å²) in [5.41, 5.74) is -4.66. The third-order valence-corrected chi connectivity index (χ3v) is 4.87. The number of aromatic amines is 3. The van der Waals surface area contributed by atoms with Gasteiger partial charge in [-0.05, 0) is 12.1 Å². The Balaban J connectivity index is 1.62. The van der Waals surface area contributed by atoms with Gasteiger partial charge >= 0.3 is 17.8 Å². The van der Waals surface area contributed by atoms with E-state index in [1.165, 1.54) is 0 Å². The molecule has 3 aromatic heterocycles. The van der Waals surface area contributed by atoms with E-state index in [1.807, 2.05) is 4.98 Å². The van der Waals surface area contributed by atoms with E-state index in [9.17, 15) is 40.7 Å². The maximum Gasteiger partial charge on any atom is 0.417 e. The van der Waals surface area contributed by atoms with Gasteiger partial charge in [0.1, 0.15) is 5.69 Å². The molecule has 4 rings (SSSR count). The van der Waals surface area contributed by atoms with Crippen LogP contribution in [0.5, 0.6) is 5.88 Å². The number of H-pyrrole nitrogens is 3. The van der Waals surface area contributed by atoms with E-state index in [4.69, 9.17) is 4.74 Å². The van der Waals surface area contributed by atoms with Crippen LogP contribution in [0.15, 0.2) is 38.9 Å². The molecule has 10 nitrogen and oxygen atoms in total. The lowest BCUT2D eigenvalue weighted by molar-refractivity contribution is -0.138. The number of hydrogen-bond donors (Lipinski definition) is 3. The van der Waals surface area contributed by atoms with E-state index in [0.717, 1.165) is 17.2 Å². The van der Waals surface area contributed by atoms with Gasteiger partial charge in [-0.15, -0.1) is 0 Å². The lowest BCUT2D eigenvalue weighted by atomic mass is 10.2. The fourth-order valence-electron chi connectivity index (χ4n) is 3.23. The molecule has 0 aliphatic carbocycles. The van der Waals surface area contributed by atoms with Gasteiger partial charge in [-0.1, -0.05) is 0 Å². The molecule has 0 amide bonds. The zero-order valence-corrected chi connectivity index (χ0v) is 16.5. The average molecular weight is 490 g/mol. The first-order valence-corrected chi connectivity index (χ1v) is 9.29. The van der Waals surface area contributed by atoms with Crippen LogP contribution in [0.3, 0.4) is 0 Å². The number of halogens is 6. The first kappa shape index (κ1) is 23.1. The largest absolute Gasteiger partial charge is 0.464 e. The first-order chi connectivity index (χ1) is 15.8. The lowest BCUT2D eigenvalue weighted by Crippen LogP contribution is -2.37. The van der Waals surface area contributed by atoms with Gasteiger partial charge in [0.25, 0.3) is 17.0 Å². The lowest BCUT2D eigenvalue weighted by Gasteiger charge is -2.19. The summed E-state index contributed by atoms with van der Waals surface area (Å²) in [6.07, 6.45) is -5.72. The summed E-state index contributed by atoms with van der Waals surface area (Å²) in [5.74, 6) is -6.32. The van der Waals surface area contributed by atoms with Crippen molar-refractivity contribution in [2.75, 3.05) is 18.0 Å². The highest BCUT2D eigenvalue weighted by Crippen LogP contribution is 2.35. The fraction of sp³-hybridized carbons (Fsp3) is 0.278. The number of aromatic nitrogens is 5. The molecule has 1 atom stereocenters. The van der Waals surface area contributed by atoms with Crippen LogP contribution in [0, 0.1) is 5.82 Å². The molecule has 34 heavy (non-hydrogen) atoms. The number of nitrogens with one attached hydrogen (secondary N) is 3. The molecule has 3 N–H and O–H groups in total. The van der Waals surface area contributed by atoms with E-state index in [-0.39, 0.29) is 29.2 Å². The standard InChI is InChI=1S/C18H12F6N6O4/c19-9-1-7(18(22,23)24)3-25-15(9)34-12-5-30(6-17(12,20)21)11-2-10(28-29-14(11)32)8-4-26-16(33)27-13(8)31/h1-4,12H,5-6H2,(H,29,32)(H2,26,27,31,33). The molecule has 0 bridgehead atoms. The molecule has 0 aromatic carbocycles. The summed E-state index contributed by atoms with van der Waals surface area (Å²) in [4.78, 5) is 43.5. The second kappa shape index (κ2) is 8.03. The first-order valence-electron chi connectivity index (χ1n) is 9.29. The molecule has 16 heteroatoms. The molecule has 4 heterocycles. The summed E-state index contributed by atoms with van der Waals surface area (Å²) in [6, 6.07) is 1.09. The Labute approximate surface area is 183 Å². The van der Waals surface area contributed by atoms with Crippen molar-refractivity contribution in [2.45, 2.75) is 18.2 Å². The van der Waals surface area contributed by atoms with Crippen molar-refractivity contribution in [1.29, 1.82) is 0 Å². The normalized spacial score (nSPS) is 17.7. The van der Waals surface area contributed by atoms with Crippen molar-refractivity contribution < 1.29 is 31.1 Å². The van der Waals surface area contributed by atoms with Crippen molar-refractivity contribution in [1.82, 2.24) is 25.1 Å². The van der Waals surface area contributed by atoms with Gasteiger partial charge in [-0.25, -0.2) is 28.0 Å². The van der Waals surface area contributed by atoms with Crippen LogP contribution in [-0.2, 0) is 6.18 Å². The predicted molar refractivity (Wildman–Crippen MR) is 102 cm³/mol. The minimum absolute atomic E-state index is 0.0643. The second-order valence-corrected chi connectivity index (χ2v) is 7.21. The highest BCUT2D eigenvalue weighted by Gasteiger charge is 2.51. The topological polar surface area (TPSA) is 137 Å². The van der Waals surface area contributed by atoms with Gasteiger partial charge in [0.2, 0.25) is 0 Å². The van der Waals surface area contributed by atoms with Gasteiger partial charge in [0.15, 0.2) is 11.9 Å². The monoisotopic (exact) mass is 490 g/mol. The molecular weight excluding hydrogens is 478 g/mol. The Kier molecular flexibility index (Phi) is 5.45. The van der Waals surface area contributed by atoms with Gasteiger partial charge in [0.05, 0.1) is 29.9 Å². The number of nitrogens with zero attached hydrogens (tertiary/aromatic N) is 3. The van der Waals surface area contributed by atoms with E-state index in [1.54, 1.807) is 0 Å². The van der Waals surface area contributed by atoms with Gasteiger partial charge < -0.3 is 14.6 Å². The number of hydrogen-bond acceptors (Lipinski definition) is 7. The minimum atomic E-state index is -4.89. The SMILES string of the molecule is O=c1[nH]cc(-c2cc(N3CC(Oc4ncc(C(F)(F)F)cc4F)C(F)(F)C3)c(=O)[nH]n2)c(=O)[nH]1. The summed E-state index contributed by atoms with van der Waals surface area (Å²) in [5, 5.41) is 5.71. The van der Waals surface area contributed by atoms with Crippen LogP contribution in [-0.4, -0.2) is 50.3 Å². The minimum Gasteiger partial charge on any atom is -0.464 e. The van der Waals surface area contributed by atoms with E-state index >= 15 is 0 Å². The molecule has 1 aliphatic heterocycles. The van der Waals surface area contributed by atoms with Crippen molar-refractivity contribution in [3.63, 3.8) is 0 Å². The summed E-state index contributed by atoms with van der Waals surface area (Å²) < 4.78 is 86.0. The van der Waals surface area contributed by atoms with Crippen LogP contribution < -0.4 is 26.4 Å². The van der Waals surface area contributed by atoms with E-state index in [0.29, 0.717) is 0 Å². The molecule has 1 saturated heterocycles. The Morgan fingerprint density at radius 3 is 2.53 bits per heavy atom. The maximum atomic E-state index is 14.6. The molecule has 0 spiro atoms. The summed E-state index contributed by atoms with van der Waals surface area (Å²) in [7, 11) is 0. The molecular formula is C18H12F6N6O4. The van der Waals surface area contributed by atoms with Crippen LogP contribution in [0.2, 0.25) is 0 Å². The van der Waals surface area contributed by atoms with Crippen molar-refractivity contribution >= 4 is 5.69 Å². The number of rotatable bonds is 4. The molecule has 1 fully saturated rings. The van der Waals surface area contributed by atoms with Crippen molar-refractivity contribution in [3.05, 3.63) is 67.1 Å². The quantitative estimate of drug-likeness (QED) is 0.469. The third-order valence-electron chi connectivity index (χ3n) is 4.87. The van der Waals surface area contributed by atoms with E-state index in [2.05, 4.69) is 20.2 Å². The molecule has 1 aliphatic rings. The van der Waals surface area contributed by atoms with Crippen molar-refractivity contribution in [3.8, 4) is 17.1 Å². The zero-order valence-electron chi connectivity index (χ0n) is 16.5. The highest BCUT2D eigenvalue weighted by atomic mass is 19.4. The second-order valence-electron chi connectivity index (χ2n) is 7.21. The third kappa shape index (κ3) is 4.38. The van der Waals surface area contributed by atoms with Crippen LogP contribution in [0.1, 0.15) is 5.56 Å². The average Bonchev–Trinajstić information content (AvgIpc) is 3.03. The van der Waals surface area contributed by atoms with Gasteiger partial charge in [-0.2, -0.15) is 18.3 Å². The predicted octanol–water partition coefficient (Wildman–Crippen LogP) is 1.27. The number of ether oxygens (including phenoxy) is 1. The fourth-order valence-corrected chi connectivity index (χ4v) is 3.23. The maximum absolute atomic E-state index is 14.6. The summed E-state index contributed by atoms with van der Waals surface area (Å²) >= 11 is 0.